The van der Waals surface area contributed by atoms with E-state index in [0.29, 0.717) is 11.6 Å². The van der Waals surface area contributed by atoms with E-state index < -0.39 is 0 Å². The summed E-state index contributed by atoms with van der Waals surface area (Å²) < 4.78 is 1.93. The fraction of sp³-hybridized carbons (Fsp3) is 0.696. The average molecular weight is 383 g/mol. The third-order valence-electron chi connectivity index (χ3n) is 6.71. The predicted molar refractivity (Wildman–Crippen MR) is 112 cm³/mol. The summed E-state index contributed by atoms with van der Waals surface area (Å²) in [5.41, 5.74) is 3.75. The monoisotopic (exact) mass is 382 g/mol. The Hall–Kier alpha value is -1.91. The van der Waals surface area contributed by atoms with Crippen molar-refractivity contribution in [2.24, 2.45) is 5.92 Å². The van der Waals surface area contributed by atoms with Crippen molar-refractivity contribution in [3.8, 4) is 0 Å². The fourth-order valence-electron chi connectivity index (χ4n) is 4.77. The molecule has 2 aromatic heterocycles. The SMILES string of the molecule is CCC(C)c1cc(CC2CCCC2)nc2cc(C(=O)N3CCCCCC3)nn12. The Morgan fingerprint density at radius 1 is 1.11 bits per heavy atom. The number of aromatic nitrogens is 3. The Morgan fingerprint density at radius 3 is 2.50 bits per heavy atom. The molecular formula is C23H34N4O. The minimum atomic E-state index is 0.0693. The third-order valence-corrected chi connectivity index (χ3v) is 6.71. The zero-order valence-corrected chi connectivity index (χ0v) is 17.5. The number of carbonyl (C=O) groups excluding carboxylic acids is 1. The minimum absolute atomic E-state index is 0.0693. The molecule has 152 valence electrons. The van der Waals surface area contributed by atoms with E-state index in [-0.39, 0.29) is 5.91 Å². The second-order valence-electron chi connectivity index (χ2n) is 8.84. The minimum Gasteiger partial charge on any atom is -0.337 e. The van der Waals surface area contributed by atoms with Crippen LogP contribution in [0, 0.1) is 5.92 Å². The molecule has 2 aromatic rings. The van der Waals surface area contributed by atoms with Crippen LogP contribution < -0.4 is 0 Å². The van der Waals surface area contributed by atoms with E-state index >= 15 is 0 Å². The van der Waals surface area contributed by atoms with Crippen LogP contribution in [-0.2, 0) is 6.42 Å². The van der Waals surface area contributed by atoms with Crippen LogP contribution >= 0.6 is 0 Å². The normalized spacial score (nSPS) is 19.9. The van der Waals surface area contributed by atoms with Crippen molar-refractivity contribution in [3.05, 3.63) is 29.2 Å². The van der Waals surface area contributed by atoms with Gasteiger partial charge in [0.25, 0.3) is 5.91 Å². The molecule has 2 fully saturated rings. The molecule has 1 atom stereocenters. The van der Waals surface area contributed by atoms with Crippen LogP contribution in [0.15, 0.2) is 12.1 Å². The second kappa shape index (κ2) is 8.62. The van der Waals surface area contributed by atoms with Gasteiger partial charge in [-0.05, 0) is 43.6 Å². The van der Waals surface area contributed by atoms with E-state index in [1.807, 2.05) is 15.5 Å². The maximum absolute atomic E-state index is 13.1. The van der Waals surface area contributed by atoms with Crippen LogP contribution in [0.3, 0.4) is 0 Å². The van der Waals surface area contributed by atoms with Gasteiger partial charge in [0.2, 0.25) is 0 Å². The van der Waals surface area contributed by atoms with Gasteiger partial charge in [-0.25, -0.2) is 9.50 Å². The van der Waals surface area contributed by atoms with Gasteiger partial charge in [0.15, 0.2) is 11.3 Å². The molecular weight excluding hydrogens is 348 g/mol. The van der Waals surface area contributed by atoms with Crippen molar-refractivity contribution in [2.45, 2.75) is 84.0 Å². The summed E-state index contributed by atoms with van der Waals surface area (Å²) in [6.07, 6.45) is 12.1. The number of hydrogen-bond donors (Lipinski definition) is 0. The number of fused-ring (bicyclic) bond motifs is 1. The molecule has 3 heterocycles. The first-order chi connectivity index (χ1) is 13.7. The van der Waals surface area contributed by atoms with Gasteiger partial charge in [0.1, 0.15) is 0 Å². The third kappa shape index (κ3) is 4.08. The zero-order valence-electron chi connectivity index (χ0n) is 17.5. The molecule has 0 bridgehead atoms. The lowest BCUT2D eigenvalue weighted by Gasteiger charge is -2.18. The molecule has 1 aliphatic carbocycles. The van der Waals surface area contributed by atoms with Crippen LogP contribution in [0.4, 0.5) is 0 Å². The molecule has 1 aliphatic heterocycles. The Kier molecular flexibility index (Phi) is 5.98. The first kappa shape index (κ1) is 19.4. The molecule has 1 unspecified atom stereocenters. The van der Waals surface area contributed by atoms with E-state index in [1.54, 1.807) is 0 Å². The Bertz CT molecular complexity index is 813. The van der Waals surface area contributed by atoms with E-state index in [0.717, 1.165) is 50.3 Å². The first-order valence-corrected chi connectivity index (χ1v) is 11.3. The molecule has 4 rings (SSSR count). The lowest BCUT2D eigenvalue weighted by Crippen LogP contribution is -2.32. The Balaban J connectivity index is 1.66. The van der Waals surface area contributed by atoms with Crippen molar-refractivity contribution >= 4 is 11.6 Å². The molecule has 5 nitrogen and oxygen atoms in total. The van der Waals surface area contributed by atoms with Gasteiger partial charge in [-0.3, -0.25) is 4.79 Å². The van der Waals surface area contributed by atoms with E-state index in [4.69, 9.17) is 10.1 Å². The quantitative estimate of drug-likeness (QED) is 0.732. The number of amides is 1. The highest BCUT2D eigenvalue weighted by Crippen LogP contribution is 2.29. The maximum atomic E-state index is 13.1. The topological polar surface area (TPSA) is 50.5 Å². The highest BCUT2D eigenvalue weighted by atomic mass is 16.2. The van der Waals surface area contributed by atoms with Gasteiger partial charge in [-0.2, -0.15) is 5.10 Å². The number of nitrogens with zero attached hydrogens (tertiary/aromatic N) is 4. The van der Waals surface area contributed by atoms with Crippen molar-refractivity contribution in [3.63, 3.8) is 0 Å². The Morgan fingerprint density at radius 2 is 1.82 bits per heavy atom. The van der Waals surface area contributed by atoms with Gasteiger partial charge in [-0.1, -0.05) is 52.4 Å². The standard InChI is InChI=1S/C23H34N4O/c1-3-17(2)21-15-19(14-18-10-6-7-11-18)24-22-16-20(25-27(21)22)23(28)26-12-8-4-5-9-13-26/h15-18H,3-14H2,1-2H3. The lowest BCUT2D eigenvalue weighted by molar-refractivity contribution is 0.0755. The van der Waals surface area contributed by atoms with E-state index in [1.165, 1.54) is 49.9 Å². The summed E-state index contributed by atoms with van der Waals surface area (Å²) in [6, 6.07) is 4.16. The summed E-state index contributed by atoms with van der Waals surface area (Å²) in [4.78, 5) is 20.0. The number of likely N-dealkylation sites (tertiary alicyclic amines) is 1. The predicted octanol–water partition coefficient (Wildman–Crippen LogP) is 4.99. The smallest absolute Gasteiger partial charge is 0.274 e. The van der Waals surface area contributed by atoms with E-state index in [9.17, 15) is 4.79 Å². The molecule has 1 amide bonds. The maximum Gasteiger partial charge on any atom is 0.274 e. The van der Waals surface area contributed by atoms with Crippen LogP contribution in [0.25, 0.3) is 5.65 Å². The molecule has 1 saturated heterocycles. The number of rotatable bonds is 5. The summed E-state index contributed by atoms with van der Waals surface area (Å²) in [5.74, 6) is 1.23. The van der Waals surface area contributed by atoms with Crippen LogP contribution in [-0.4, -0.2) is 38.5 Å². The molecule has 0 spiro atoms. The van der Waals surface area contributed by atoms with Gasteiger partial charge in [0.05, 0.1) is 0 Å². The summed E-state index contributed by atoms with van der Waals surface area (Å²) >= 11 is 0. The van der Waals surface area contributed by atoms with E-state index in [2.05, 4.69) is 19.9 Å². The summed E-state index contributed by atoms with van der Waals surface area (Å²) in [6.45, 7) is 6.16. The Labute approximate surface area is 168 Å². The van der Waals surface area contributed by atoms with Crippen LogP contribution in [0.2, 0.25) is 0 Å². The average Bonchev–Trinajstić information content (AvgIpc) is 3.29. The summed E-state index contributed by atoms with van der Waals surface area (Å²) in [5, 5.41) is 4.72. The van der Waals surface area contributed by atoms with Crippen molar-refractivity contribution in [1.82, 2.24) is 19.5 Å². The molecule has 0 radical (unpaired) electrons. The molecule has 1 saturated carbocycles. The number of carbonyl (C=O) groups is 1. The second-order valence-corrected chi connectivity index (χ2v) is 8.84. The zero-order chi connectivity index (χ0) is 19.5. The molecule has 0 aromatic carbocycles. The highest BCUT2D eigenvalue weighted by Gasteiger charge is 2.23. The number of hydrogen-bond acceptors (Lipinski definition) is 3. The van der Waals surface area contributed by atoms with Gasteiger partial charge in [0, 0.05) is 30.5 Å². The van der Waals surface area contributed by atoms with Crippen molar-refractivity contribution < 1.29 is 4.79 Å². The first-order valence-electron chi connectivity index (χ1n) is 11.3. The van der Waals surface area contributed by atoms with Crippen molar-refractivity contribution in [2.75, 3.05) is 13.1 Å². The van der Waals surface area contributed by atoms with Crippen molar-refractivity contribution in [1.29, 1.82) is 0 Å². The molecule has 0 N–H and O–H groups in total. The largest absolute Gasteiger partial charge is 0.337 e. The summed E-state index contributed by atoms with van der Waals surface area (Å²) in [7, 11) is 0. The molecule has 28 heavy (non-hydrogen) atoms. The molecule has 5 heteroatoms. The van der Waals surface area contributed by atoms with Gasteiger partial charge in [-0.15, -0.1) is 0 Å². The van der Waals surface area contributed by atoms with Gasteiger partial charge < -0.3 is 4.90 Å². The molecule has 2 aliphatic rings. The van der Waals surface area contributed by atoms with Crippen LogP contribution in [0.5, 0.6) is 0 Å². The fourth-order valence-corrected chi connectivity index (χ4v) is 4.77. The lowest BCUT2D eigenvalue weighted by atomic mass is 9.99. The highest BCUT2D eigenvalue weighted by molar-refractivity contribution is 5.93. The van der Waals surface area contributed by atoms with Crippen LogP contribution in [0.1, 0.15) is 99.4 Å². The van der Waals surface area contributed by atoms with Gasteiger partial charge >= 0.3 is 0 Å².